The molecule has 6 heteroatoms. The second kappa shape index (κ2) is 5.41. The van der Waals surface area contributed by atoms with Gasteiger partial charge in [0.05, 0.1) is 0 Å². The average molecular weight is 343 g/mol. The SMILES string of the molecule is CC1(C)Cn2c(nc(O)c(C(=S)Nc3ccccc3)c2=O)C1(C)C. The lowest BCUT2D eigenvalue weighted by Crippen LogP contribution is -2.33. The Hall–Kier alpha value is -2.21. The molecule has 0 radical (unpaired) electrons. The van der Waals surface area contributed by atoms with Crippen molar-refractivity contribution in [3.05, 3.63) is 52.1 Å². The standard InChI is InChI=1S/C18H21N3O2S/c1-17(2)10-21-15(23)12(13(22)20-16(21)18(17,3)4)14(24)19-11-8-6-5-7-9-11/h5-9,22H,10H2,1-4H3,(H,19,24). The van der Waals surface area contributed by atoms with Crippen LogP contribution >= 0.6 is 12.2 Å². The van der Waals surface area contributed by atoms with Gasteiger partial charge in [0.25, 0.3) is 5.56 Å². The van der Waals surface area contributed by atoms with Crippen molar-refractivity contribution in [1.82, 2.24) is 9.55 Å². The lowest BCUT2D eigenvalue weighted by molar-refractivity contribution is 0.213. The van der Waals surface area contributed by atoms with Crippen molar-refractivity contribution in [3.8, 4) is 5.88 Å². The Morgan fingerprint density at radius 2 is 1.88 bits per heavy atom. The highest BCUT2D eigenvalue weighted by molar-refractivity contribution is 7.81. The summed E-state index contributed by atoms with van der Waals surface area (Å²) in [4.78, 5) is 17.4. The van der Waals surface area contributed by atoms with Crippen LogP contribution in [0.4, 0.5) is 5.69 Å². The number of hydrogen-bond acceptors (Lipinski definition) is 4. The fourth-order valence-corrected chi connectivity index (χ4v) is 3.27. The second-order valence-corrected chi connectivity index (χ2v) is 7.76. The number of hydrogen-bond donors (Lipinski definition) is 2. The number of nitrogens with zero attached hydrogens (tertiary/aromatic N) is 2. The minimum absolute atomic E-state index is 0.0473. The van der Waals surface area contributed by atoms with E-state index in [1.807, 2.05) is 44.2 Å². The molecule has 0 atom stereocenters. The first kappa shape index (κ1) is 16.6. The van der Waals surface area contributed by atoms with Gasteiger partial charge in [-0.2, -0.15) is 4.98 Å². The zero-order chi connectivity index (χ0) is 17.7. The molecule has 2 N–H and O–H groups in total. The Bertz CT molecular complexity index is 870. The monoisotopic (exact) mass is 343 g/mol. The Morgan fingerprint density at radius 3 is 2.50 bits per heavy atom. The zero-order valence-electron chi connectivity index (χ0n) is 14.3. The van der Waals surface area contributed by atoms with E-state index in [9.17, 15) is 9.90 Å². The molecule has 0 unspecified atom stereocenters. The van der Waals surface area contributed by atoms with Crippen molar-refractivity contribution in [3.63, 3.8) is 0 Å². The van der Waals surface area contributed by atoms with Crippen LogP contribution in [0.3, 0.4) is 0 Å². The van der Waals surface area contributed by atoms with Gasteiger partial charge in [0.1, 0.15) is 16.4 Å². The van der Waals surface area contributed by atoms with Crippen LogP contribution in [0.1, 0.15) is 39.1 Å². The predicted octanol–water partition coefficient (Wildman–Crippen LogP) is 3.05. The van der Waals surface area contributed by atoms with E-state index in [4.69, 9.17) is 12.2 Å². The van der Waals surface area contributed by atoms with E-state index in [1.165, 1.54) is 0 Å². The maximum absolute atomic E-state index is 12.9. The van der Waals surface area contributed by atoms with E-state index in [-0.39, 0.29) is 32.8 Å². The van der Waals surface area contributed by atoms with E-state index in [0.717, 1.165) is 5.69 Å². The number of aromatic hydroxyl groups is 1. The van der Waals surface area contributed by atoms with E-state index in [1.54, 1.807) is 4.57 Å². The molecular weight excluding hydrogens is 322 g/mol. The van der Waals surface area contributed by atoms with Crippen molar-refractivity contribution in [2.45, 2.75) is 39.7 Å². The largest absolute Gasteiger partial charge is 0.493 e. The van der Waals surface area contributed by atoms with E-state index < -0.39 is 0 Å². The van der Waals surface area contributed by atoms with E-state index in [0.29, 0.717) is 12.4 Å². The summed E-state index contributed by atoms with van der Waals surface area (Å²) in [5, 5.41) is 13.3. The van der Waals surface area contributed by atoms with Crippen LogP contribution in [0.2, 0.25) is 0 Å². The topological polar surface area (TPSA) is 67.2 Å². The van der Waals surface area contributed by atoms with Crippen LogP contribution in [-0.4, -0.2) is 19.6 Å². The molecule has 1 aliphatic heterocycles. The predicted molar refractivity (Wildman–Crippen MR) is 98.7 cm³/mol. The molecule has 0 aliphatic carbocycles. The highest BCUT2D eigenvalue weighted by Gasteiger charge is 2.48. The maximum atomic E-state index is 12.9. The molecule has 3 rings (SSSR count). The Balaban J connectivity index is 2.07. The Labute approximate surface area is 146 Å². The Kier molecular flexibility index (Phi) is 3.75. The lowest BCUT2D eigenvalue weighted by atomic mass is 9.70. The van der Waals surface area contributed by atoms with Crippen molar-refractivity contribution in [2.24, 2.45) is 5.41 Å². The number of para-hydroxylation sites is 1. The van der Waals surface area contributed by atoms with Crippen molar-refractivity contribution in [1.29, 1.82) is 0 Å². The number of rotatable bonds is 2. The molecule has 126 valence electrons. The van der Waals surface area contributed by atoms with Crippen molar-refractivity contribution >= 4 is 22.9 Å². The molecule has 1 aromatic carbocycles. The molecule has 2 heterocycles. The first-order valence-electron chi connectivity index (χ1n) is 7.86. The molecule has 0 spiro atoms. The zero-order valence-corrected chi connectivity index (χ0v) is 15.1. The normalized spacial score (nSPS) is 17.3. The number of aromatic nitrogens is 2. The van der Waals surface area contributed by atoms with Crippen LogP contribution < -0.4 is 10.9 Å². The van der Waals surface area contributed by atoms with Gasteiger partial charge in [-0.05, 0) is 17.5 Å². The number of anilines is 1. The second-order valence-electron chi connectivity index (χ2n) is 7.35. The summed E-state index contributed by atoms with van der Waals surface area (Å²) < 4.78 is 1.63. The van der Waals surface area contributed by atoms with Gasteiger partial charge in [0.15, 0.2) is 0 Å². The Morgan fingerprint density at radius 1 is 1.25 bits per heavy atom. The van der Waals surface area contributed by atoms with Gasteiger partial charge >= 0.3 is 0 Å². The van der Waals surface area contributed by atoms with Gasteiger partial charge in [0.2, 0.25) is 5.88 Å². The lowest BCUT2D eigenvalue weighted by Gasteiger charge is -2.32. The fourth-order valence-electron chi connectivity index (χ4n) is 2.98. The first-order chi connectivity index (χ1) is 11.1. The number of nitrogens with one attached hydrogen (secondary N) is 1. The van der Waals surface area contributed by atoms with E-state index in [2.05, 4.69) is 24.1 Å². The maximum Gasteiger partial charge on any atom is 0.267 e. The fraction of sp³-hybridized carbons (Fsp3) is 0.389. The summed E-state index contributed by atoms with van der Waals surface area (Å²) in [6, 6.07) is 9.30. The summed E-state index contributed by atoms with van der Waals surface area (Å²) in [6.45, 7) is 8.81. The highest BCUT2D eigenvalue weighted by atomic mass is 32.1. The molecule has 1 aromatic heterocycles. The van der Waals surface area contributed by atoms with Crippen LogP contribution in [0.5, 0.6) is 5.88 Å². The molecular formula is C18H21N3O2S. The van der Waals surface area contributed by atoms with E-state index >= 15 is 0 Å². The summed E-state index contributed by atoms with van der Waals surface area (Å²) in [5.74, 6) is 0.284. The van der Waals surface area contributed by atoms with Gasteiger partial charge < -0.3 is 10.4 Å². The molecule has 0 fully saturated rings. The van der Waals surface area contributed by atoms with Gasteiger partial charge in [-0.25, -0.2) is 0 Å². The molecule has 0 saturated heterocycles. The first-order valence-corrected chi connectivity index (χ1v) is 8.26. The molecule has 0 saturated carbocycles. The molecule has 0 amide bonds. The molecule has 24 heavy (non-hydrogen) atoms. The van der Waals surface area contributed by atoms with Crippen molar-refractivity contribution < 1.29 is 5.11 Å². The third-order valence-corrected chi connectivity index (χ3v) is 5.52. The molecule has 0 bridgehead atoms. The van der Waals surface area contributed by atoms with Crippen LogP contribution in [0.15, 0.2) is 35.1 Å². The summed E-state index contributed by atoms with van der Waals surface area (Å²) in [6.07, 6.45) is 0. The molecule has 2 aromatic rings. The van der Waals surface area contributed by atoms with Gasteiger partial charge in [-0.1, -0.05) is 58.1 Å². The summed E-state index contributed by atoms with van der Waals surface area (Å²) >= 11 is 5.34. The summed E-state index contributed by atoms with van der Waals surface area (Å²) in [5.41, 5.74) is 0.0330. The smallest absolute Gasteiger partial charge is 0.267 e. The van der Waals surface area contributed by atoms with Crippen molar-refractivity contribution in [2.75, 3.05) is 5.32 Å². The van der Waals surface area contributed by atoms with Gasteiger partial charge in [-0.15, -0.1) is 0 Å². The number of thiocarbonyl (C=S) groups is 1. The molecule has 5 nitrogen and oxygen atoms in total. The number of benzene rings is 1. The highest BCUT2D eigenvalue weighted by Crippen LogP contribution is 2.46. The molecule has 1 aliphatic rings. The number of fused-ring (bicyclic) bond motifs is 1. The minimum atomic E-state index is -0.323. The minimum Gasteiger partial charge on any atom is -0.493 e. The quantitative estimate of drug-likeness (QED) is 0.821. The third kappa shape index (κ3) is 2.41. The average Bonchev–Trinajstić information content (AvgIpc) is 2.67. The van der Waals surface area contributed by atoms with Gasteiger partial charge in [-0.3, -0.25) is 9.36 Å². The van der Waals surface area contributed by atoms with Crippen LogP contribution in [0, 0.1) is 5.41 Å². The van der Waals surface area contributed by atoms with Gasteiger partial charge in [0, 0.05) is 17.6 Å². The van der Waals surface area contributed by atoms with Crippen LogP contribution in [-0.2, 0) is 12.0 Å². The van der Waals surface area contributed by atoms with Crippen LogP contribution in [0.25, 0.3) is 0 Å². The summed E-state index contributed by atoms with van der Waals surface area (Å²) in [7, 11) is 0. The third-order valence-electron chi connectivity index (χ3n) is 5.21.